The molecular formula is C10H18N4O2. The minimum absolute atomic E-state index is 0.0237. The lowest BCUT2D eigenvalue weighted by atomic mass is 9.96. The van der Waals surface area contributed by atoms with E-state index in [9.17, 15) is 10.1 Å². The summed E-state index contributed by atoms with van der Waals surface area (Å²) < 4.78 is 1.45. The smallest absolute Gasteiger partial charge is 0.330 e. The van der Waals surface area contributed by atoms with Gasteiger partial charge in [0, 0.05) is 12.6 Å². The van der Waals surface area contributed by atoms with Crippen molar-refractivity contribution in [2.45, 2.75) is 39.2 Å². The molecule has 6 nitrogen and oxygen atoms in total. The molecule has 0 aliphatic rings. The summed E-state index contributed by atoms with van der Waals surface area (Å²) in [7, 11) is 1.67. The lowest BCUT2D eigenvalue weighted by Gasteiger charge is -2.27. The Bertz CT molecular complexity index is 382. The van der Waals surface area contributed by atoms with E-state index in [4.69, 9.17) is 0 Å². The lowest BCUT2D eigenvalue weighted by molar-refractivity contribution is -0.384. The molecule has 1 rings (SSSR count). The minimum atomic E-state index is -0.416. The number of anilines is 1. The van der Waals surface area contributed by atoms with E-state index in [1.165, 1.54) is 10.9 Å². The first kappa shape index (κ1) is 12.5. The quantitative estimate of drug-likeness (QED) is 0.617. The van der Waals surface area contributed by atoms with Gasteiger partial charge in [0.25, 0.3) is 0 Å². The minimum Gasteiger partial charge on any atom is -0.358 e. The van der Waals surface area contributed by atoms with E-state index in [-0.39, 0.29) is 11.2 Å². The number of nitro groups is 1. The molecule has 1 N–H and O–H groups in total. The molecule has 0 aliphatic heterocycles. The van der Waals surface area contributed by atoms with Crippen molar-refractivity contribution in [1.82, 2.24) is 9.78 Å². The van der Waals surface area contributed by atoms with E-state index < -0.39 is 4.92 Å². The molecule has 0 fully saturated rings. The Hall–Kier alpha value is -1.59. The van der Waals surface area contributed by atoms with E-state index in [2.05, 4.69) is 10.4 Å². The largest absolute Gasteiger partial charge is 0.358 e. The fourth-order valence-corrected chi connectivity index (χ4v) is 1.41. The van der Waals surface area contributed by atoms with Crippen molar-refractivity contribution >= 4 is 11.5 Å². The van der Waals surface area contributed by atoms with Crippen molar-refractivity contribution in [2.24, 2.45) is 7.05 Å². The second-order valence-corrected chi connectivity index (χ2v) is 4.19. The molecule has 0 unspecified atom stereocenters. The van der Waals surface area contributed by atoms with Crippen molar-refractivity contribution in [1.29, 1.82) is 0 Å². The van der Waals surface area contributed by atoms with Gasteiger partial charge in [0.05, 0.1) is 4.92 Å². The van der Waals surface area contributed by atoms with Crippen molar-refractivity contribution < 1.29 is 4.92 Å². The number of nitrogens with zero attached hydrogens (tertiary/aromatic N) is 3. The first-order valence-electron chi connectivity index (χ1n) is 5.38. The van der Waals surface area contributed by atoms with Gasteiger partial charge in [0.2, 0.25) is 5.82 Å². The topological polar surface area (TPSA) is 73.0 Å². The predicted molar refractivity (Wildman–Crippen MR) is 62.5 cm³/mol. The number of hydrogen-bond acceptors (Lipinski definition) is 4. The van der Waals surface area contributed by atoms with Gasteiger partial charge in [0.1, 0.15) is 6.20 Å². The number of aryl methyl sites for hydroxylation is 1. The summed E-state index contributed by atoms with van der Waals surface area (Å²) in [5.41, 5.74) is -0.130. The van der Waals surface area contributed by atoms with Gasteiger partial charge in [-0.3, -0.25) is 14.8 Å². The van der Waals surface area contributed by atoms with Crippen LogP contribution in [-0.4, -0.2) is 20.2 Å². The highest BCUT2D eigenvalue weighted by Crippen LogP contribution is 2.27. The first-order chi connectivity index (χ1) is 7.41. The zero-order valence-corrected chi connectivity index (χ0v) is 10.1. The van der Waals surface area contributed by atoms with Crippen molar-refractivity contribution in [3.63, 3.8) is 0 Å². The molecule has 90 valence electrons. The Balaban J connectivity index is 3.00. The molecule has 1 aromatic rings. The number of rotatable bonds is 5. The number of hydrogen-bond donors (Lipinski definition) is 1. The highest BCUT2D eigenvalue weighted by molar-refractivity contribution is 5.55. The molecular weight excluding hydrogens is 208 g/mol. The van der Waals surface area contributed by atoms with Crippen LogP contribution in [0, 0.1) is 10.1 Å². The SMILES string of the molecule is CCC(C)(CC)Nc1nn(C)cc1[N+](=O)[O-]. The van der Waals surface area contributed by atoms with Crippen molar-refractivity contribution in [3.05, 3.63) is 16.3 Å². The fraction of sp³-hybridized carbons (Fsp3) is 0.700. The molecule has 0 amide bonds. The van der Waals surface area contributed by atoms with Crippen LogP contribution in [0.15, 0.2) is 6.20 Å². The number of aromatic nitrogens is 2. The zero-order valence-electron chi connectivity index (χ0n) is 10.1. The molecule has 0 atom stereocenters. The first-order valence-corrected chi connectivity index (χ1v) is 5.38. The van der Waals surface area contributed by atoms with Crippen LogP contribution in [0.1, 0.15) is 33.6 Å². The maximum Gasteiger partial charge on any atom is 0.330 e. The van der Waals surface area contributed by atoms with Crippen LogP contribution in [-0.2, 0) is 7.05 Å². The molecule has 1 aromatic heterocycles. The van der Waals surface area contributed by atoms with Gasteiger partial charge in [-0.1, -0.05) is 13.8 Å². The van der Waals surface area contributed by atoms with Crippen LogP contribution in [0.5, 0.6) is 0 Å². The van der Waals surface area contributed by atoms with Crippen molar-refractivity contribution in [3.8, 4) is 0 Å². The average molecular weight is 226 g/mol. The Morgan fingerprint density at radius 1 is 1.56 bits per heavy atom. The maximum absolute atomic E-state index is 10.8. The molecule has 0 aromatic carbocycles. The van der Waals surface area contributed by atoms with Gasteiger partial charge in [-0.25, -0.2) is 0 Å². The van der Waals surface area contributed by atoms with Crippen LogP contribution in [0.25, 0.3) is 0 Å². The normalized spacial score (nSPS) is 11.5. The van der Waals surface area contributed by atoms with Crippen LogP contribution < -0.4 is 5.32 Å². The Labute approximate surface area is 94.8 Å². The van der Waals surface area contributed by atoms with Crippen LogP contribution >= 0.6 is 0 Å². The summed E-state index contributed by atoms with van der Waals surface area (Å²) in [5, 5.41) is 18.0. The Kier molecular flexibility index (Phi) is 3.51. The zero-order chi connectivity index (χ0) is 12.3. The fourth-order valence-electron chi connectivity index (χ4n) is 1.41. The summed E-state index contributed by atoms with van der Waals surface area (Å²) in [6, 6.07) is 0. The van der Waals surface area contributed by atoms with E-state index >= 15 is 0 Å². The van der Waals surface area contributed by atoms with Gasteiger partial charge >= 0.3 is 5.69 Å². The maximum atomic E-state index is 10.8. The van der Waals surface area contributed by atoms with Crippen LogP contribution in [0.3, 0.4) is 0 Å². The summed E-state index contributed by atoms with van der Waals surface area (Å²) in [5.74, 6) is 0.346. The van der Waals surface area contributed by atoms with Crippen molar-refractivity contribution in [2.75, 3.05) is 5.32 Å². The summed E-state index contributed by atoms with van der Waals surface area (Å²) >= 11 is 0. The van der Waals surface area contributed by atoms with Crippen LogP contribution in [0.2, 0.25) is 0 Å². The van der Waals surface area contributed by atoms with E-state index in [0.717, 1.165) is 12.8 Å². The molecule has 0 spiro atoms. The van der Waals surface area contributed by atoms with Gasteiger partial charge < -0.3 is 5.32 Å². The standard InChI is InChI=1S/C10H18N4O2/c1-5-10(3,6-2)11-9-8(14(15)16)7-13(4)12-9/h7H,5-6H2,1-4H3,(H,11,12). The summed E-state index contributed by atoms with van der Waals surface area (Å²) in [6.07, 6.45) is 3.18. The lowest BCUT2D eigenvalue weighted by Crippen LogP contribution is -2.33. The molecule has 0 aliphatic carbocycles. The molecule has 1 heterocycles. The molecule has 6 heteroatoms. The second kappa shape index (κ2) is 4.51. The average Bonchev–Trinajstić information content (AvgIpc) is 2.59. The van der Waals surface area contributed by atoms with Gasteiger partial charge in [-0.05, 0) is 19.8 Å². The third-order valence-electron chi connectivity index (χ3n) is 2.99. The highest BCUT2D eigenvalue weighted by Gasteiger charge is 2.26. The molecule has 0 radical (unpaired) electrons. The predicted octanol–water partition coefficient (Wildman–Crippen LogP) is 2.32. The molecule has 0 saturated heterocycles. The third-order valence-corrected chi connectivity index (χ3v) is 2.99. The second-order valence-electron chi connectivity index (χ2n) is 4.19. The molecule has 0 bridgehead atoms. The highest BCUT2D eigenvalue weighted by atomic mass is 16.6. The van der Waals surface area contributed by atoms with E-state index in [1.807, 2.05) is 20.8 Å². The van der Waals surface area contributed by atoms with Crippen LogP contribution in [0.4, 0.5) is 11.5 Å². The van der Waals surface area contributed by atoms with Gasteiger partial charge in [0.15, 0.2) is 0 Å². The summed E-state index contributed by atoms with van der Waals surface area (Å²) in [4.78, 5) is 10.4. The Morgan fingerprint density at radius 2 is 2.12 bits per heavy atom. The summed E-state index contributed by atoms with van der Waals surface area (Å²) in [6.45, 7) is 6.13. The van der Waals surface area contributed by atoms with Gasteiger partial charge in [-0.2, -0.15) is 0 Å². The third kappa shape index (κ3) is 2.50. The Morgan fingerprint density at radius 3 is 2.56 bits per heavy atom. The van der Waals surface area contributed by atoms with Gasteiger partial charge in [-0.15, -0.1) is 5.10 Å². The molecule has 0 saturated carbocycles. The monoisotopic (exact) mass is 226 g/mol. The van der Waals surface area contributed by atoms with E-state index in [0.29, 0.717) is 5.82 Å². The molecule has 16 heavy (non-hydrogen) atoms. The number of nitrogens with one attached hydrogen (secondary N) is 1. The van der Waals surface area contributed by atoms with E-state index in [1.54, 1.807) is 7.05 Å².